The number of anilines is 1. The number of benzene rings is 2. The Morgan fingerprint density at radius 3 is 2.67 bits per heavy atom. The number of amides is 3. The van der Waals surface area contributed by atoms with Crippen LogP contribution in [0, 0.1) is 11.8 Å². The van der Waals surface area contributed by atoms with Gasteiger partial charge in [0.1, 0.15) is 17.4 Å². The summed E-state index contributed by atoms with van der Waals surface area (Å²) in [5.74, 6) is -1.76. The molecule has 0 aromatic heterocycles. The number of nitrogens with zero attached hydrogens (tertiary/aromatic N) is 1. The van der Waals surface area contributed by atoms with E-state index in [0.717, 1.165) is 31.2 Å². The van der Waals surface area contributed by atoms with Gasteiger partial charge in [-0.25, -0.2) is 0 Å². The quantitative estimate of drug-likeness (QED) is 0.507. The van der Waals surface area contributed by atoms with Gasteiger partial charge in [0.15, 0.2) is 0 Å². The molecule has 2 N–H and O–H groups in total. The molecule has 6 rings (SSSR count). The molecule has 3 amide bonds. The van der Waals surface area contributed by atoms with Gasteiger partial charge in [0.25, 0.3) is 0 Å². The van der Waals surface area contributed by atoms with Crippen LogP contribution in [0.1, 0.15) is 37.7 Å². The molecule has 1 saturated carbocycles. The van der Waals surface area contributed by atoms with E-state index in [1.165, 1.54) is 6.42 Å². The highest BCUT2D eigenvalue weighted by Crippen LogP contribution is 2.55. The number of halogens is 1. The molecule has 4 aliphatic rings. The third kappa shape index (κ3) is 4.59. The zero-order chi connectivity index (χ0) is 27.1. The first-order valence-electron chi connectivity index (χ1n) is 13.6. The van der Waals surface area contributed by atoms with Crippen molar-refractivity contribution in [1.29, 1.82) is 0 Å². The first-order valence-corrected chi connectivity index (χ1v) is 13.9. The summed E-state index contributed by atoms with van der Waals surface area (Å²) in [5.41, 5.74) is 0.155. The van der Waals surface area contributed by atoms with Crippen LogP contribution in [0.4, 0.5) is 5.69 Å². The van der Waals surface area contributed by atoms with Gasteiger partial charge in [0, 0.05) is 23.3 Å². The van der Waals surface area contributed by atoms with Gasteiger partial charge in [0.2, 0.25) is 17.7 Å². The fourth-order valence-corrected chi connectivity index (χ4v) is 6.91. The first-order chi connectivity index (χ1) is 18.9. The Morgan fingerprint density at radius 1 is 1.10 bits per heavy atom. The second kappa shape index (κ2) is 10.3. The summed E-state index contributed by atoms with van der Waals surface area (Å²) < 4.78 is 11.8. The molecule has 1 aliphatic carbocycles. The van der Waals surface area contributed by atoms with E-state index in [2.05, 4.69) is 10.6 Å². The summed E-state index contributed by atoms with van der Waals surface area (Å²) >= 11 is 6.11. The standard InChI is InChI=1S/C30H32ClN3O5/c1-38-22-12-5-7-18(15-22)17-34-26(28(36)32-20-9-3-2-4-10-20)30-14-13-23(39-30)24(25(30)29(34)37)27(35)33-21-11-6-8-19(31)16-21/h5-8,11-16,20,23-26H,2-4,9-10,17H2,1H3,(H,32,36)(H,33,35)/t23-,24-,25-,26-,30+/m1/s1. The number of methoxy groups -OCH3 is 1. The second-order valence-electron chi connectivity index (χ2n) is 10.9. The van der Waals surface area contributed by atoms with Gasteiger partial charge in [-0.2, -0.15) is 0 Å². The van der Waals surface area contributed by atoms with Gasteiger partial charge in [-0.15, -0.1) is 0 Å². The van der Waals surface area contributed by atoms with Crippen molar-refractivity contribution in [2.45, 2.75) is 62.4 Å². The van der Waals surface area contributed by atoms with E-state index in [1.54, 1.807) is 36.3 Å². The van der Waals surface area contributed by atoms with Crippen molar-refractivity contribution in [3.8, 4) is 5.75 Å². The van der Waals surface area contributed by atoms with E-state index in [0.29, 0.717) is 16.5 Å². The minimum absolute atomic E-state index is 0.0694. The summed E-state index contributed by atoms with van der Waals surface area (Å²) in [4.78, 5) is 43.3. The molecule has 2 aromatic rings. The Labute approximate surface area is 232 Å². The van der Waals surface area contributed by atoms with Crippen molar-refractivity contribution in [3.63, 3.8) is 0 Å². The second-order valence-corrected chi connectivity index (χ2v) is 11.3. The number of likely N-dealkylation sites (tertiary alicyclic amines) is 1. The lowest BCUT2D eigenvalue weighted by atomic mass is 9.74. The number of rotatable bonds is 7. The van der Waals surface area contributed by atoms with Crippen LogP contribution in [-0.2, 0) is 25.7 Å². The topological polar surface area (TPSA) is 97.0 Å². The molecule has 8 nitrogen and oxygen atoms in total. The number of carbonyl (C=O) groups excluding carboxylic acids is 3. The van der Waals surface area contributed by atoms with E-state index >= 15 is 0 Å². The molecular formula is C30H32ClN3O5. The molecule has 1 spiro atoms. The summed E-state index contributed by atoms with van der Waals surface area (Å²) in [6.45, 7) is 0.196. The SMILES string of the molecule is COc1cccc(CN2C(=O)[C@H]3[C@H](C(=O)Nc4cccc(Cl)c4)[C@H]4C=C[C@@]3(O4)[C@H]2C(=O)NC2CCCCC2)c1. The van der Waals surface area contributed by atoms with Crippen molar-refractivity contribution in [2.24, 2.45) is 11.8 Å². The summed E-state index contributed by atoms with van der Waals surface area (Å²) in [5, 5.41) is 6.61. The average molecular weight is 550 g/mol. The highest BCUT2D eigenvalue weighted by molar-refractivity contribution is 6.30. The Kier molecular flexibility index (Phi) is 6.85. The molecular weight excluding hydrogens is 518 g/mol. The minimum Gasteiger partial charge on any atom is -0.497 e. The Bertz CT molecular complexity index is 1330. The number of nitrogens with one attached hydrogen (secondary N) is 2. The lowest BCUT2D eigenvalue weighted by Gasteiger charge is -2.34. The lowest BCUT2D eigenvalue weighted by molar-refractivity contribution is -0.142. The van der Waals surface area contributed by atoms with Crippen molar-refractivity contribution < 1.29 is 23.9 Å². The van der Waals surface area contributed by atoms with Crippen LogP contribution >= 0.6 is 11.6 Å². The van der Waals surface area contributed by atoms with Crippen molar-refractivity contribution in [3.05, 3.63) is 71.3 Å². The molecule has 2 saturated heterocycles. The lowest BCUT2D eigenvalue weighted by Crippen LogP contribution is -2.56. The molecule has 2 bridgehead atoms. The van der Waals surface area contributed by atoms with Crippen molar-refractivity contribution >= 4 is 35.0 Å². The Balaban J connectivity index is 1.33. The monoisotopic (exact) mass is 549 g/mol. The van der Waals surface area contributed by atoms with Crippen LogP contribution in [0.15, 0.2) is 60.7 Å². The normalized spacial score (nSPS) is 29.4. The fourth-order valence-electron chi connectivity index (χ4n) is 6.72. The van der Waals surface area contributed by atoms with Gasteiger partial charge in [0.05, 0.1) is 25.0 Å². The van der Waals surface area contributed by atoms with E-state index in [4.69, 9.17) is 21.1 Å². The maximum atomic E-state index is 14.2. The van der Waals surface area contributed by atoms with Crippen LogP contribution in [-0.4, -0.2) is 53.5 Å². The molecule has 3 fully saturated rings. The zero-order valence-electron chi connectivity index (χ0n) is 21.8. The number of fused-ring (bicyclic) bond motifs is 1. The average Bonchev–Trinajstić information content (AvgIpc) is 3.57. The molecule has 3 aliphatic heterocycles. The van der Waals surface area contributed by atoms with Gasteiger partial charge in [-0.05, 0) is 48.7 Å². The van der Waals surface area contributed by atoms with Gasteiger partial charge in [-0.3, -0.25) is 14.4 Å². The number of ether oxygens (including phenoxy) is 2. The highest BCUT2D eigenvalue weighted by Gasteiger charge is 2.72. The summed E-state index contributed by atoms with van der Waals surface area (Å²) in [6.07, 6.45) is 8.20. The Morgan fingerprint density at radius 2 is 1.90 bits per heavy atom. The Hall–Kier alpha value is -3.36. The minimum atomic E-state index is -1.21. The van der Waals surface area contributed by atoms with E-state index < -0.39 is 29.6 Å². The number of hydrogen-bond donors (Lipinski definition) is 2. The maximum Gasteiger partial charge on any atom is 0.246 e. The van der Waals surface area contributed by atoms with Gasteiger partial charge < -0.3 is 25.0 Å². The number of hydrogen-bond acceptors (Lipinski definition) is 5. The van der Waals surface area contributed by atoms with Crippen LogP contribution in [0.2, 0.25) is 5.02 Å². The van der Waals surface area contributed by atoms with Crippen molar-refractivity contribution in [2.75, 3.05) is 12.4 Å². The maximum absolute atomic E-state index is 14.2. The summed E-state index contributed by atoms with van der Waals surface area (Å²) in [6, 6.07) is 13.5. The molecule has 0 unspecified atom stereocenters. The zero-order valence-corrected chi connectivity index (χ0v) is 22.5. The van der Waals surface area contributed by atoms with Crippen LogP contribution in [0.5, 0.6) is 5.75 Å². The summed E-state index contributed by atoms with van der Waals surface area (Å²) in [7, 11) is 1.59. The molecule has 39 heavy (non-hydrogen) atoms. The third-order valence-electron chi connectivity index (χ3n) is 8.46. The molecule has 204 valence electrons. The van der Waals surface area contributed by atoms with Gasteiger partial charge in [-0.1, -0.05) is 61.2 Å². The number of carbonyl (C=O) groups is 3. The predicted molar refractivity (Wildman–Crippen MR) is 146 cm³/mol. The van der Waals surface area contributed by atoms with Gasteiger partial charge >= 0.3 is 0 Å². The molecule has 2 aromatic carbocycles. The largest absolute Gasteiger partial charge is 0.497 e. The highest BCUT2D eigenvalue weighted by atomic mass is 35.5. The van der Waals surface area contributed by atoms with E-state index in [-0.39, 0.29) is 30.3 Å². The van der Waals surface area contributed by atoms with Crippen LogP contribution in [0.3, 0.4) is 0 Å². The third-order valence-corrected chi connectivity index (χ3v) is 8.69. The van der Waals surface area contributed by atoms with Crippen molar-refractivity contribution in [1.82, 2.24) is 10.2 Å². The first kappa shape index (κ1) is 25.9. The molecule has 5 atom stereocenters. The smallest absolute Gasteiger partial charge is 0.246 e. The molecule has 9 heteroatoms. The fraction of sp³-hybridized carbons (Fsp3) is 0.433. The molecule has 0 radical (unpaired) electrons. The van der Waals surface area contributed by atoms with E-state index in [9.17, 15) is 14.4 Å². The predicted octanol–water partition coefficient (Wildman–Crippen LogP) is 4.09. The van der Waals surface area contributed by atoms with Crippen LogP contribution < -0.4 is 15.4 Å². The molecule has 3 heterocycles. The van der Waals surface area contributed by atoms with E-state index in [1.807, 2.05) is 36.4 Å². The van der Waals surface area contributed by atoms with Crippen LogP contribution in [0.25, 0.3) is 0 Å².